The van der Waals surface area contributed by atoms with Crippen molar-refractivity contribution in [2.24, 2.45) is 5.92 Å². The standard InChI is InChI=1S/C18H27N3/c1-14-12-15-6-5-7-17(18(15)16(19)13-14)20-8-11-21-9-3-2-4-10-21/h5-7,14,19-20H,2-4,8-13H2,1H3. The topological polar surface area (TPSA) is 39.1 Å². The predicted molar refractivity (Wildman–Crippen MR) is 89.5 cm³/mol. The van der Waals surface area contributed by atoms with Gasteiger partial charge in [0.25, 0.3) is 0 Å². The van der Waals surface area contributed by atoms with Crippen molar-refractivity contribution >= 4 is 11.4 Å². The van der Waals surface area contributed by atoms with Crippen molar-refractivity contribution in [3.05, 3.63) is 29.3 Å². The van der Waals surface area contributed by atoms with Crippen LogP contribution < -0.4 is 5.32 Å². The molecule has 0 radical (unpaired) electrons. The van der Waals surface area contributed by atoms with Crippen LogP contribution in [0.1, 0.15) is 43.7 Å². The second kappa shape index (κ2) is 6.61. The SMILES string of the molecule is CC1CC(=N)c2c(cccc2NCCN2CCCCC2)C1. The molecule has 0 saturated carbocycles. The minimum absolute atomic E-state index is 0.605. The molecule has 1 fully saturated rings. The average Bonchev–Trinajstić information content (AvgIpc) is 2.48. The molecule has 1 aliphatic heterocycles. The van der Waals surface area contributed by atoms with Crippen molar-refractivity contribution in [2.45, 2.75) is 39.0 Å². The lowest BCUT2D eigenvalue weighted by Crippen LogP contribution is -2.34. The van der Waals surface area contributed by atoms with Crippen molar-refractivity contribution < 1.29 is 0 Å². The summed E-state index contributed by atoms with van der Waals surface area (Å²) in [6.45, 7) is 6.85. The molecule has 1 aromatic carbocycles. The van der Waals surface area contributed by atoms with Gasteiger partial charge < -0.3 is 15.6 Å². The maximum atomic E-state index is 8.32. The summed E-state index contributed by atoms with van der Waals surface area (Å²) in [6, 6.07) is 6.46. The van der Waals surface area contributed by atoms with Gasteiger partial charge in [0.1, 0.15) is 0 Å². The van der Waals surface area contributed by atoms with Crippen LogP contribution in [0.15, 0.2) is 18.2 Å². The van der Waals surface area contributed by atoms with Gasteiger partial charge >= 0.3 is 0 Å². The quantitative estimate of drug-likeness (QED) is 0.888. The number of hydrogen-bond donors (Lipinski definition) is 2. The molecule has 0 spiro atoms. The molecule has 1 atom stereocenters. The van der Waals surface area contributed by atoms with Gasteiger partial charge in [-0.3, -0.25) is 0 Å². The van der Waals surface area contributed by atoms with E-state index in [2.05, 4.69) is 35.3 Å². The molecule has 3 rings (SSSR count). The fraction of sp³-hybridized carbons (Fsp3) is 0.611. The summed E-state index contributed by atoms with van der Waals surface area (Å²) in [5.41, 5.74) is 4.50. The summed E-state index contributed by atoms with van der Waals surface area (Å²) in [6.07, 6.45) is 6.12. The summed E-state index contributed by atoms with van der Waals surface area (Å²) >= 11 is 0. The first-order chi connectivity index (χ1) is 10.2. The molecule has 1 unspecified atom stereocenters. The first kappa shape index (κ1) is 14.6. The highest BCUT2D eigenvalue weighted by Gasteiger charge is 2.22. The maximum Gasteiger partial charge on any atom is 0.0435 e. The minimum atomic E-state index is 0.605. The van der Waals surface area contributed by atoms with E-state index in [9.17, 15) is 0 Å². The lowest BCUT2D eigenvalue weighted by molar-refractivity contribution is 0.237. The molecule has 0 amide bonds. The molecule has 1 heterocycles. The van der Waals surface area contributed by atoms with Crippen molar-refractivity contribution in [3.63, 3.8) is 0 Å². The van der Waals surface area contributed by atoms with Crippen LogP contribution in [0.2, 0.25) is 0 Å². The Kier molecular flexibility index (Phi) is 4.59. The Hall–Kier alpha value is -1.35. The van der Waals surface area contributed by atoms with Crippen LogP contribution in [0.5, 0.6) is 0 Å². The van der Waals surface area contributed by atoms with Gasteiger partial charge in [0.05, 0.1) is 0 Å². The average molecular weight is 285 g/mol. The van der Waals surface area contributed by atoms with Gasteiger partial charge in [-0.15, -0.1) is 0 Å². The van der Waals surface area contributed by atoms with E-state index < -0.39 is 0 Å². The van der Waals surface area contributed by atoms with Crippen LogP contribution in [0.4, 0.5) is 5.69 Å². The van der Waals surface area contributed by atoms with E-state index in [0.717, 1.165) is 31.6 Å². The van der Waals surface area contributed by atoms with E-state index in [0.29, 0.717) is 5.92 Å². The van der Waals surface area contributed by atoms with Crippen LogP contribution in [-0.2, 0) is 6.42 Å². The van der Waals surface area contributed by atoms with Crippen molar-refractivity contribution in [1.82, 2.24) is 4.90 Å². The first-order valence-electron chi connectivity index (χ1n) is 8.40. The fourth-order valence-corrected chi connectivity index (χ4v) is 3.70. The Bertz CT molecular complexity index is 503. The Morgan fingerprint density at radius 1 is 1.19 bits per heavy atom. The van der Waals surface area contributed by atoms with E-state index in [4.69, 9.17) is 5.41 Å². The Labute approximate surface area is 128 Å². The number of likely N-dealkylation sites (tertiary alicyclic amines) is 1. The smallest absolute Gasteiger partial charge is 0.0435 e. The Balaban J connectivity index is 1.63. The molecule has 3 heteroatoms. The predicted octanol–water partition coefficient (Wildman–Crippen LogP) is 3.53. The molecule has 21 heavy (non-hydrogen) atoms. The van der Waals surface area contributed by atoms with Gasteiger partial charge in [-0.05, 0) is 56.3 Å². The molecule has 2 aliphatic rings. The molecule has 114 valence electrons. The second-order valence-electron chi connectivity index (χ2n) is 6.66. The minimum Gasteiger partial charge on any atom is -0.383 e. The highest BCUT2D eigenvalue weighted by atomic mass is 15.1. The van der Waals surface area contributed by atoms with Crippen molar-refractivity contribution in [3.8, 4) is 0 Å². The highest BCUT2D eigenvalue weighted by Crippen LogP contribution is 2.30. The molecular weight excluding hydrogens is 258 g/mol. The van der Waals surface area contributed by atoms with Gasteiger partial charge in [-0.25, -0.2) is 0 Å². The van der Waals surface area contributed by atoms with Gasteiger partial charge in [0.2, 0.25) is 0 Å². The van der Waals surface area contributed by atoms with Crippen molar-refractivity contribution in [1.29, 1.82) is 5.41 Å². The third-order valence-corrected chi connectivity index (χ3v) is 4.77. The van der Waals surface area contributed by atoms with Crippen LogP contribution in [0, 0.1) is 11.3 Å². The lowest BCUT2D eigenvalue weighted by atomic mass is 9.83. The largest absolute Gasteiger partial charge is 0.383 e. The summed E-state index contributed by atoms with van der Waals surface area (Å²) in [7, 11) is 0. The number of nitrogens with zero attached hydrogens (tertiary/aromatic N) is 1. The van der Waals surface area contributed by atoms with E-state index in [1.165, 1.54) is 49.2 Å². The fourth-order valence-electron chi connectivity index (χ4n) is 3.70. The number of hydrogen-bond acceptors (Lipinski definition) is 3. The second-order valence-corrected chi connectivity index (χ2v) is 6.66. The molecule has 0 bridgehead atoms. The van der Waals surface area contributed by atoms with Crippen molar-refractivity contribution in [2.75, 3.05) is 31.5 Å². The van der Waals surface area contributed by atoms with E-state index in [-0.39, 0.29) is 0 Å². The lowest BCUT2D eigenvalue weighted by Gasteiger charge is -2.28. The molecule has 3 nitrogen and oxygen atoms in total. The molecule has 0 aromatic heterocycles. The normalized spacial score (nSPS) is 22.9. The zero-order chi connectivity index (χ0) is 14.7. The number of fused-ring (bicyclic) bond motifs is 1. The van der Waals surface area contributed by atoms with Crippen LogP contribution in [0.3, 0.4) is 0 Å². The van der Waals surface area contributed by atoms with Crippen LogP contribution in [-0.4, -0.2) is 36.8 Å². The van der Waals surface area contributed by atoms with Gasteiger partial charge in [-0.1, -0.05) is 25.5 Å². The third-order valence-electron chi connectivity index (χ3n) is 4.77. The monoisotopic (exact) mass is 285 g/mol. The number of piperidine rings is 1. The summed E-state index contributed by atoms with van der Waals surface area (Å²) in [5.74, 6) is 0.605. The number of nitrogens with one attached hydrogen (secondary N) is 2. The van der Waals surface area contributed by atoms with E-state index in [1.54, 1.807) is 0 Å². The molecule has 1 aromatic rings. The van der Waals surface area contributed by atoms with Gasteiger partial charge in [-0.2, -0.15) is 0 Å². The first-order valence-corrected chi connectivity index (χ1v) is 8.40. The summed E-state index contributed by atoms with van der Waals surface area (Å²) < 4.78 is 0. The highest BCUT2D eigenvalue weighted by molar-refractivity contribution is 6.05. The maximum absolute atomic E-state index is 8.32. The molecule has 1 saturated heterocycles. The zero-order valence-corrected chi connectivity index (χ0v) is 13.1. The third kappa shape index (κ3) is 3.46. The van der Waals surface area contributed by atoms with Gasteiger partial charge in [0.15, 0.2) is 0 Å². The summed E-state index contributed by atoms with van der Waals surface area (Å²) in [4.78, 5) is 2.55. The molecule has 1 aliphatic carbocycles. The summed E-state index contributed by atoms with van der Waals surface area (Å²) in [5, 5.41) is 11.9. The number of anilines is 1. The number of rotatable bonds is 4. The van der Waals surface area contributed by atoms with Crippen LogP contribution in [0.25, 0.3) is 0 Å². The molecular formula is C18H27N3. The van der Waals surface area contributed by atoms with Crippen LogP contribution >= 0.6 is 0 Å². The zero-order valence-electron chi connectivity index (χ0n) is 13.1. The van der Waals surface area contributed by atoms with Gasteiger partial charge in [0, 0.05) is 30.1 Å². The number of benzene rings is 1. The Morgan fingerprint density at radius 3 is 2.81 bits per heavy atom. The van der Waals surface area contributed by atoms with E-state index >= 15 is 0 Å². The Morgan fingerprint density at radius 2 is 2.00 bits per heavy atom. The van der Waals surface area contributed by atoms with E-state index in [1.807, 2.05) is 0 Å². The molecule has 2 N–H and O–H groups in total.